The fourth-order valence-corrected chi connectivity index (χ4v) is 2.68. The first-order valence-electron chi connectivity index (χ1n) is 6.85. The Morgan fingerprint density at radius 2 is 2.05 bits per heavy atom. The average molecular weight is 318 g/mol. The SMILES string of the molecule is COc1cc(NC(=O)CCc2ccsc2)ccc1NC(C)=O. The summed E-state index contributed by atoms with van der Waals surface area (Å²) in [6.07, 6.45) is 1.14. The van der Waals surface area contributed by atoms with Crippen LogP contribution in [0, 0.1) is 0 Å². The second-order valence-electron chi connectivity index (χ2n) is 4.78. The first-order chi connectivity index (χ1) is 10.6. The van der Waals surface area contributed by atoms with E-state index < -0.39 is 0 Å². The van der Waals surface area contributed by atoms with Crippen LogP contribution < -0.4 is 15.4 Å². The van der Waals surface area contributed by atoms with Crippen LogP contribution >= 0.6 is 11.3 Å². The topological polar surface area (TPSA) is 67.4 Å². The third-order valence-corrected chi connectivity index (χ3v) is 3.75. The number of methoxy groups -OCH3 is 1. The number of hydrogen-bond acceptors (Lipinski definition) is 4. The van der Waals surface area contributed by atoms with Crippen molar-refractivity contribution < 1.29 is 14.3 Å². The van der Waals surface area contributed by atoms with Gasteiger partial charge < -0.3 is 15.4 Å². The van der Waals surface area contributed by atoms with Crippen molar-refractivity contribution in [1.29, 1.82) is 0 Å². The van der Waals surface area contributed by atoms with E-state index in [1.54, 1.807) is 29.5 Å². The Morgan fingerprint density at radius 3 is 2.68 bits per heavy atom. The standard InChI is InChI=1S/C16H18N2O3S/c1-11(19)17-14-5-4-13(9-15(14)21-2)18-16(20)6-3-12-7-8-22-10-12/h4-5,7-10H,3,6H2,1-2H3,(H,17,19)(H,18,20). The van der Waals surface area contributed by atoms with E-state index in [4.69, 9.17) is 4.74 Å². The van der Waals surface area contributed by atoms with Gasteiger partial charge in [0, 0.05) is 25.1 Å². The molecule has 2 aromatic rings. The van der Waals surface area contributed by atoms with E-state index in [2.05, 4.69) is 10.6 Å². The van der Waals surface area contributed by atoms with Crippen molar-refractivity contribution >= 4 is 34.5 Å². The molecule has 0 saturated heterocycles. The van der Waals surface area contributed by atoms with Crippen molar-refractivity contribution in [1.82, 2.24) is 0 Å². The van der Waals surface area contributed by atoms with Gasteiger partial charge in [0.2, 0.25) is 11.8 Å². The van der Waals surface area contributed by atoms with Crippen LogP contribution in [0.3, 0.4) is 0 Å². The Morgan fingerprint density at radius 1 is 1.23 bits per heavy atom. The van der Waals surface area contributed by atoms with Crippen molar-refractivity contribution in [3.63, 3.8) is 0 Å². The molecule has 0 saturated carbocycles. The summed E-state index contributed by atoms with van der Waals surface area (Å²) < 4.78 is 5.22. The number of anilines is 2. The average Bonchev–Trinajstić information content (AvgIpc) is 2.99. The van der Waals surface area contributed by atoms with Gasteiger partial charge in [-0.15, -0.1) is 0 Å². The van der Waals surface area contributed by atoms with Crippen molar-refractivity contribution in [2.45, 2.75) is 19.8 Å². The van der Waals surface area contributed by atoms with Crippen molar-refractivity contribution in [2.24, 2.45) is 0 Å². The summed E-state index contributed by atoms with van der Waals surface area (Å²) in [5.41, 5.74) is 2.38. The summed E-state index contributed by atoms with van der Waals surface area (Å²) in [4.78, 5) is 23.1. The number of benzene rings is 1. The van der Waals surface area contributed by atoms with Crippen molar-refractivity contribution in [3.8, 4) is 5.75 Å². The van der Waals surface area contributed by atoms with Crippen molar-refractivity contribution in [3.05, 3.63) is 40.6 Å². The van der Waals surface area contributed by atoms with Gasteiger partial charge >= 0.3 is 0 Å². The van der Waals surface area contributed by atoms with E-state index >= 15 is 0 Å². The zero-order valence-electron chi connectivity index (χ0n) is 12.5. The summed E-state index contributed by atoms with van der Waals surface area (Å²) in [6, 6.07) is 7.14. The van der Waals surface area contributed by atoms with E-state index in [-0.39, 0.29) is 11.8 Å². The maximum Gasteiger partial charge on any atom is 0.224 e. The molecule has 6 heteroatoms. The minimum absolute atomic E-state index is 0.0551. The van der Waals surface area contributed by atoms with Gasteiger partial charge in [0.1, 0.15) is 5.75 Å². The van der Waals surface area contributed by atoms with E-state index in [9.17, 15) is 9.59 Å². The van der Waals surface area contributed by atoms with Crippen molar-refractivity contribution in [2.75, 3.05) is 17.7 Å². The molecule has 5 nitrogen and oxygen atoms in total. The van der Waals surface area contributed by atoms with Gasteiger partial charge in [-0.25, -0.2) is 0 Å². The number of aryl methyl sites for hydroxylation is 1. The Labute approximate surface area is 133 Å². The highest BCUT2D eigenvalue weighted by molar-refractivity contribution is 7.07. The lowest BCUT2D eigenvalue weighted by molar-refractivity contribution is -0.116. The lowest BCUT2D eigenvalue weighted by Gasteiger charge is -2.11. The number of amides is 2. The Hall–Kier alpha value is -2.34. The van der Waals surface area contributed by atoms with E-state index in [0.717, 1.165) is 6.42 Å². The normalized spacial score (nSPS) is 10.1. The van der Waals surface area contributed by atoms with Gasteiger partial charge in [0.15, 0.2) is 0 Å². The number of thiophene rings is 1. The summed E-state index contributed by atoms with van der Waals surface area (Å²) in [5, 5.41) is 9.54. The minimum atomic E-state index is -0.175. The molecule has 116 valence electrons. The van der Waals surface area contributed by atoms with Gasteiger partial charge in [-0.2, -0.15) is 11.3 Å². The van der Waals surface area contributed by atoms with E-state index in [1.165, 1.54) is 19.6 Å². The number of nitrogens with one attached hydrogen (secondary N) is 2. The van der Waals surface area contributed by atoms with Crippen LogP contribution in [-0.4, -0.2) is 18.9 Å². The largest absolute Gasteiger partial charge is 0.494 e. The Balaban J connectivity index is 1.97. The predicted octanol–water partition coefficient (Wildman–Crippen LogP) is 3.29. The van der Waals surface area contributed by atoms with Crippen LogP contribution in [0.4, 0.5) is 11.4 Å². The van der Waals surface area contributed by atoms with Crippen LogP contribution in [0.25, 0.3) is 0 Å². The summed E-state index contributed by atoms with van der Waals surface area (Å²) in [6.45, 7) is 1.43. The molecule has 2 N–H and O–H groups in total. The molecule has 0 radical (unpaired) electrons. The van der Waals surface area contributed by atoms with E-state index in [0.29, 0.717) is 23.5 Å². The third-order valence-electron chi connectivity index (χ3n) is 3.02. The highest BCUT2D eigenvalue weighted by atomic mass is 32.1. The van der Waals surface area contributed by atoms with Gasteiger partial charge in [-0.1, -0.05) is 0 Å². The molecule has 2 rings (SSSR count). The Kier molecular flexibility index (Phi) is 5.55. The van der Waals surface area contributed by atoms with Gasteiger partial charge in [0.25, 0.3) is 0 Å². The highest BCUT2D eigenvalue weighted by Crippen LogP contribution is 2.28. The molecule has 0 aliphatic carbocycles. The zero-order valence-corrected chi connectivity index (χ0v) is 13.3. The summed E-state index contributed by atoms with van der Waals surface area (Å²) >= 11 is 1.62. The molecule has 0 atom stereocenters. The van der Waals surface area contributed by atoms with Gasteiger partial charge in [-0.05, 0) is 40.9 Å². The minimum Gasteiger partial charge on any atom is -0.494 e. The lowest BCUT2D eigenvalue weighted by atomic mass is 10.2. The molecular formula is C16H18N2O3S. The molecule has 0 aliphatic rings. The molecule has 0 fully saturated rings. The number of rotatable bonds is 6. The highest BCUT2D eigenvalue weighted by Gasteiger charge is 2.08. The summed E-state index contributed by atoms with van der Waals surface area (Å²) in [5.74, 6) is 0.275. The first-order valence-corrected chi connectivity index (χ1v) is 7.79. The third kappa shape index (κ3) is 4.60. The number of carbonyl (C=O) groups is 2. The number of ether oxygens (including phenoxy) is 1. The molecule has 0 bridgehead atoms. The lowest BCUT2D eigenvalue weighted by Crippen LogP contribution is -2.13. The van der Waals surface area contributed by atoms with Gasteiger partial charge in [0.05, 0.1) is 12.8 Å². The predicted molar refractivity (Wildman–Crippen MR) is 88.6 cm³/mol. The Bertz CT molecular complexity index is 653. The summed E-state index contributed by atoms with van der Waals surface area (Å²) in [7, 11) is 1.52. The monoisotopic (exact) mass is 318 g/mol. The van der Waals surface area contributed by atoms with Crippen LogP contribution in [0.1, 0.15) is 18.9 Å². The smallest absolute Gasteiger partial charge is 0.224 e. The van der Waals surface area contributed by atoms with Crippen LogP contribution in [-0.2, 0) is 16.0 Å². The quantitative estimate of drug-likeness (QED) is 0.859. The molecule has 1 aromatic heterocycles. The fourth-order valence-electron chi connectivity index (χ4n) is 1.98. The molecule has 2 amide bonds. The number of carbonyl (C=O) groups excluding carboxylic acids is 2. The van der Waals surface area contributed by atoms with E-state index in [1.807, 2.05) is 16.8 Å². The maximum atomic E-state index is 12.0. The molecule has 0 spiro atoms. The zero-order chi connectivity index (χ0) is 15.9. The molecular weight excluding hydrogens is 300 g/mol. The van der Waals surface area contributed by atoms with Crippen LogP contribution in [0.5, 0.6) is 5.75 Å². The fraction of sp³-hybridized carbons (Fsp3) is 0.250. The van der Waals surface area contributed by atoms with Crippen LogP contribution in [0.15, 0.2) is 35.0 Å². The second-order valence-corrected chi connectivity index (χ2v) is 5.56. The molecule has 1 heterocycles. The number of hydrogen-bond donors (Lipinski definition) is 2. The first kappa shape index (κ1) is 16.0. The molecule has 22 heavy (non-hydrogen) atoms. The molecule has 0 aliphatic heterocycles. The molecule has 0 unspecified atom stereocenters. The van der Waals surface area contributed by atoms with Crippen LogP contribution in [0.2, 0.25) is 0 Å². The maximum absolute atomic E-state index is 12.0. The van der Waals surface area contributed by atoms with Gasteiger partial charge in [-0.3, -0.25) is 9.59 Å². The second kappa shape index (κ2) is 7.61. The molecule has 1 aromatic carbocycles.